The summed E-state index contributed by atoms with van der Waals surface area (Å²) >= 11 is 0. The third-order valence-electron chi connectivity index (χ3n) is 3.05. The Morgan fingerprint density at radius 2 is 2.44 bits per heavy atom. The van der Waals surface area contributed by atoms with Crippen molar-refractivity contribution in [3.63, 3.8) is 0 Å². The molecule has 1 aromatic heterocycles. The fourth-order valence-corrected chi connectivity index (χ4v) is 2.08. The first kappa shape index (κ1) is 13.0. The van der Waals surface area contributed by atoms with Crippen molar-refractivity contribution in [2.24, 2.45) is 0 Å². The third-order valence-corrected chi connectivity index (χ3v) is 3.05. The summed E-state index contributed by atoms with van der Waals surface area (Å²) in [5.74, 6) is -0.874. The summed E-state index contributed by atoms with van der Waals surface area (Å²) in [4.78, 5) is 17.4. The molecule has 1 atom stereocenters. The topological polar surface area (TPSA) is 42.4 Å². The van der Waals surface area contributed by atoms with Crippen LogP contribution in [0.5, 0.6) is 0 Å². The number of aromatic nitrogens is 1. The van der Waals surface area contributed by atoms with Crippen LogP contribution in [0.4, 0.5) is 4.39 Å². The highest BCUT2D eigenvalue weighted by Crippen LogP contribution is 2.14. The molecule has 5 heteroatoms. The summed E-state index contributed by atoms with van der Waals surface area (Å²) in [5, 5.41) is 0. The highest BCUT2D eigenvalue weighted by Gasteiger charge is 2.23. The molecule has 1 saturated heterocycles. The predicted molar refractivity (Wildman–Crippen MR) is 64.7 cm³/mol. The highest BCUT2D eigenvalue weighted by molar-refractivity contribution is 5.92. The minimum absolute atomic E-state index is 0.0995. The standard InChI is InChI=1S/C13H17FN2O2/c1-2-16(9-10-5-4-8-18-10)13(17)11-6-3-7-12(14)15-11/h3,6-7,10H,2,4-5,8-9H2,1H3. The van der Waals surface area contributed by atoms with Crippen molar-refractivity contribution in [1.82, 2.24) is 9.88 Å². The fourth-order valence-electron chi connectivity index (χ4n) is 2.08. The van der Waals surface area contributed by atoms with Gasteiger partial charge in [0.05, 0.1) is 6.10 Å². The molecular formula is C13H17FN2O2. The molecule has 0 aliphatic carbocycles. The molecule has 98 valence electrons. The van der Waals surface area contributed by atoms with Gasteiger partial charge in [-0.1, -0.05) is 6.07 Å². The van der Waals surface area contributed by atoms with Crippen LogP contribution >= 0.6 is 0 Å². The summed E-state index contributed by atoms with van der Waals surface area (Å²) in [7, 11) is 0. The molecule has 1 aliphatic rings. The Kier molecular flexibility index (Phi) is 4.25. The monoisotopic (exact) mass is 252 g/mol. The number of hydrogen-bond acceptors (Lipinski definition) is 3. The minimum atomic E-state index is -0.631. The zero-order chi connectivity index (χ0) is 13.0. The largest absolute Gasteiger partial charge is 0.376 e. The molecule has 1 unspecified atom stereocenters. The summed E-state index contributed by atoms with van der Waals surface area (Å²) in [5.41, 5.74) is 0.148. The lowest BCUT2D eigenvalue weighted by atomic mass is 10.2. The maximum atomic E-state index is 13.0. The Labute approximate surface area is 106 Å². The van der Waals surface area contributed by atoms with Crippen molar-refractivity contribution >= 4 is 5.91 Å². The van der Waals surface area contributed by atoms with E-state index < -0.39 is 5.95 Å². The van der Waals surface area contributed by atoms with E-state index in [-0.39, 0.29) is 17.7 Å². The van der Waals surface area contributed by atoms with Crippen LogP contribution in [-0.4, -0.2) is 41.6 Å². The first-order chi connectivity index (χ1) is 8.70. The van der Waals surface area contributed by atoms with Crippen LogP contribution in [0.25, 0.3) is 0 Å². The summed E-state index contributed by atoms with van der Waals surface area (Å²) in [6.07, 6.45) is 2.11. The zero-order valence-corrected chi connectivity index (χ0v) is 10.4. The van der Waals surface area contributed by atoms with Gasteiger partial charge in [0.25, 0.3) is 5.91 Å². The van der Waals surface area contributed by atoms with Crippen LogP contribution in [0, 0.1) is 5.95 Å². The van der Waals surface area contributed by atoms with Crippen LogP contribution in [0.15, 0.2) is 18.2 Å². The van der Waals surface area contributed by atoms with E-state index in [1.54, 1.807) is 4.90 Å². The van der Waals surface area contributed by atoms with Gasteiger partial charge in [0, 0.05) is 19.7 Å². The molecule has 2 heterocycles. The molecule has 0 radical (unpaired) electrons. The van der Waals surface area contributed by atoms with Crippen LogP contribution in [0.2, 0.25) is 0 Å². The number of pyridine rings is 1. The van der Waals surface area contributed by atoms with Gasteiger partial charge in [-0.25, -0.2) is 4.98 Å². The van der Waals surface area contributed by atoms with Crippen molar-refractivity contribution in [3.8, 4) is 0 Å². The summed E-state index contributed by atoms with van der Waals surface area (Å²) < 4.78 is 18.5. The summed E-state index contributed by atoms with van der Waals surface area (Å²) in [6.45, 7) is 3.77. The first-order valence-electron chi connectivity index (χ1n) is 6.24. The SMILES string of the molecule is CCN(CC1CCCO1)C(=O)c1cccc(F)n1. The Bertz CT molecular complexity index is 419. The molecule has 1 aliphatic heterocycles. The smallest absolute Gasteiger partial charge is 0.272 e. The number of amides is 1. The predicted octanol–water partition coefficient (Wildman–Crippen LogP) is 1.86. The first-order valence-corrected chi connectivity index (χ1v) is 6.24. The molecule has 2 rings (SSSR count). The second-order valence-corrected chi connectivity index (χ2v) is 4.32. The lowest BCUT2D eigenvalue weighted by molar-refractivity contribution is 0.0534. The number of ether oxygens (including phenoxy) is 1. The fraction of sp³-hybridized carbons (Fsp3) is 0.538. The van der Waals surface area contributed by atoms with E-state index in [2.05, 4.69) is 4.98 Å². The van der Waals surface area contributed by atoms with E-state index in [1.807, 2.05) is 6.92 Å². The Morgan fingerprint density at radius 1 is 1.61 bits per heavy atom. The molecule has 0 spiro atoms. The Balaban J connectivity index is 2.04. The van der Waals surface area contributed by atoms with Gasteiger partial charge in [-0.2, -0.15) is 4.39 Å². The molecule has 18 heavy (non-hydrogen) atoms. The van der Waals surface area contributed by atoms with E-state index in [0.29, 0.717) is 13.1 Å². The van der Waals surface area contributed by atoms with E-state index in [1.165, 1.54) is 18.2 Å². The van der Waals surface area contributed by atoms with Gasteiger partial charge in [0.1, 0.15) is 5.69 Å². The van der Waals surface area contributed by atoms with Gasteiger partial charge in [-0.15, -0.1) is 0 Å². The van der Waals surface area contributed by atoms with Crippen LogP contribution in [0.1, 0.15) is 30.3 Å². The molecule has 4 nitrogen and oxygen atoms in total. The average Bonchev–Trinajstić information content (AvgIpc) is 2.88. The van der Waals surface area contributed by atoms with Crippen LogP contribution in [-0.2, 0) is 4.74 Å². The van der Waals surface area contributed by atoms with Gasteiger partial charge in [0.15, 0.2) is 0 Å². The molecule has 0 saturated carbocycles. The Morgan fingerprint density at radius 3 is 3.06 bits per heavy atom. The normalized spacial score (nSPS) is 18.9. The van der Waals surface area contributed by atoms with Crippen molar-refractivity contribution in [1.29, 1.82) is 0 Å². The molecule has 1 amide bonds. The number of halogens is 1. The Hall–Kier alpha value is -1.49. The molecular weight excluding hydrogens is 235 g/mol. The second-order valence-electron chi connectivity index (χ2n) is 4.32. The second kappa shape index (κ2) is 5.91. The molecule has 0 aromatic carbocycles. The number of likely N-dealkylation sites (N-methyl/N-ethyl adjacent to an activating group) is 1. The molecule has 0 bridgehead atoms. The van der Waals surface area contributed by atoms with Gasteiger partial charge in [0.2, 0.25) is 5.95 Å². The quantitative estimate of drug-likeness (QED) is 0.768. The average molecular weight is 252 g/mol. The lowest BCUT2D eigenvalue weighted by Gasteiger charge is -2.23. The van der Waals surface area contributed by atoms with E-state index in [9.17, 15) is 9.18 Å². The number of carbonyl (C=O) groups excluding carboxylic acids is 1. The maximum absolute atomic E-state index is 13.0. The third kappa shape index (κ3) is 3.04. The van der Waals surface area contributed by atoms with Gasteiger partial charge in [-0.05, 0) is 31.9 Å². The van der Waals surface area contributed by atoms with Crippen LogP contribution < -0.4 is 0 Å². The lowest BCUT2D eigenvalue weighted by Crippen LogP contribution is -2.37. The number of carbonyl (C=O) groups is 1. The number of rotatable bonds is 4. The zero-order valence-electron chi connectivity index (χ0n) is 10.4. The highest BCUT2D eigenvalue weighted by atomic mass is 19.1. The van der Waals surface area contributed by atoms with Gasteiger partial charge >= 0.3 is 0 Å². The van der Waals surface area contributed by atoms with Crippen molar-refractivity contribution < 1.29 is 13.9 Å². The minimum Gasteiger partial charge on any atom is -0.376 e. The van der Waals surface area contributed by atoms with E-state index in [4.69, 9.17) is 4.74 Å². The molecule has 0 N–H and O–H groups in total. The van der Waals surface area contributed by atoms with Crippen molar-refractivity contribution in [2.45, 2.75) is 25.9 Å². The van der Waals surface area contributed by atoms with Crippen molar-refractivity contribution in [2.75, 3.05) is 19.7 Å². The number of nitrogens with zero attached hydrogens (tertiary/aromatic N) is 2. The summed E-state index contributed by atoms with van der Waals surface area (Å²) in [6, 6.07) is 4.26. The number of hydrogen-bond donors (Lipinski definition) is 0. The molecule has 1 aromatic rings. The van der Waals surface area contributed by atoms with Crippen LogP contribution in [0.3, 0.4) is 0 Å². The maximum Gasteiger partial charge on any atom is 0.272 e. The van der Waals surface area contributed by atoms with E-state index in [0.717, 1.165) is 19.4 Å². The van der Waals surface area contributed by atoms with Gasteiger partial charge in [-0.3, -0.25) is 4.79 Å². The van der Waals surface area contributed by atoms with E-state index >= 15 is 0 Å². The van der Waals surface area contributed by atoms with Gasteiger partial charge < -0.3 is 9.64 Å². The van der Waals surface area contributed by atoms with Crippen molar-refractivity contribution in [3.05, 3.63) is 29.8 Å². The molecule has 1 fully saturated rings.